The molecule has 2 saturated heterocycles. The molecule has 2 heterocycles. The third-order valence-electron chi connectivity index (χ3n) is 4.54. The molecule has 0 amide bonds. The lowest BCUT2D eigenvalue weighted by molar-refractivity contribution is 0.00547. The van der Waals surface area contributed by atoms with Crippen molar-refractivity contribution in [3.63, 3.8) is 0 Å². The lowest BCUT2D eigenvalue weighted by Gasteiger charge is -2.43. The highest BCUT2D eigenvalue weighted by molar-refractivity contribution is 4.83. The van der Waals surface area contributed by atoms with Gasteiger partial charge in [0, 0.05) is 51.5 Å². The zero-order valence-corrected chi connectivity index (χ0v) is 11.8. The van der Waals surface area contributed by atoms with E-state index in [4.69, 9.17) is 10.5 Å². The lowest BCUT2D eigenvalue weighted by Crippen LogP contribution is -2.54. The molecule has 0 aromatic rings. The van der Waals surface area contributed by atoms with Crippen LogP contribution >= 0.6 is 0 Å². The van der Waals surface area contributed by atoms with E-state index in [0.29, 0.717) is 6.04 Å². The van der Waals surface area contributed by atoms with Crippen LogP contribution in [0.25, 0.3) is 0 Å². The summed E-state index contributed by atoms with van der Waals surface area (Å²) in [5.74, 6) is 0. The van der Waals surface area contributed by atoms with Gasteiger partial charge in [0.1, 0.15) is 0 Å². The summed E-state index contributed by atoms with van der Waals surface area (Å²) in [5, 5.41) is 0. The van der Waals surface area contributed by atoms with Crippen molar-refractivity contribution >= 4 is 0 Å². The van der Waals surface area contributed by atoms with Gasteiger partial charge in [-0.2, -0.15) is 0 Å². The Bertz CT molecular complexity index is 210. The van der Waals surface area contributed by atoms with Crippen molar-refractivity contribution in [1.82, 2.24) is 9.80 Å². The van der Waals surface area contributed by atoms with Crippen molar-refractivity contribution in [3.05, 3.63) is 0 Å². The summed E-state index contributed by atoms with van der Waals surface area (Å²) in [6, 6.07) is 1.47. The number of rotatable bonds is 5. The average molecular weight is 255 g/mol. The maximum absolute atomic E-state index is 5.70. The Kier molecular flexibility index (Phi) is 5.89. The predicted molar refractivity (Wildman–Crippen MR) is 74.7 cm³/mol. The van der Waals surface area contributed by atoms with Crippen LogP contribution in [0.3, 0.4) is 0 Å². The van der Waals surface area contributed by atoms with E-state index in [1.807, 2.05) is 0 Å². The molecule has 18 heavy (non-hydrogen) atoms. The zero-order chi connectivity index (χ0) is 12.8. The van der Waals surface area contributed by atoms with Crippen LogP contribution in [-0.2, 0) is 4.74 Å². The van der Waals surface area contributed by atoms with Gasteiger partial charge in [0.25, 0.3) is 0 Å². The summed E-state index contributed by atoms with van der Waals surface area (Å²) in [4.78, 5) is 5.32. The topological polar surface area (TPSA) is 41.7 Å². The molecule has 106 valence electrons. The van der Waals surface area contributed by atoms with Gasteiger partial charge in [-0.3, -0.25) is 9.80 Å². The van der Waals surface area contributed by atoms with E-state index in [2.05, 4.69) is 16.7 Å². The second-order valence-electron chi connectivity index (χ2n) is 5.55. The van der Waals surface area contributed by atoms with E-state index in [0.717, 1.165) is 32.2 Å². The first-order valence-electron chi connectivity index (χ1n) is 7.61. The van der Waals surface area contributed by atoms with Gasteiger partial charge >= 0.3 is 0 Å². The highest BCUT2D eigenvalue weighted by Crippen LogP contribution is 2.18. The molecule has 0 aromatic carbocycles. The molecule has 4 heteroatoms. The van der Waals surface area contributed by atoms with Gasteiger partial charge in [-0.15, -0.1) is 0 Å². The highest BCUT2D eigenvalue weighted by Gasteiger charge is 2.27. The molecule has 1 atom stereocenters. The van der Waals surface area contributed by atoms with E-state index in [9.17, 15) is 0 Å². The van der Waals surface area contributed by atoms with Crippen LogP contribution in [0.5, 0.6) is 0 Å². The van der Waals surface area contributed by atoms with E-state index < -0.39 is 0 Å². The third-order valence-corrected chi connectivity index (χ3v) is 4.54. The van der Waals surface area contributed by atoms with Crippen molar-refractivity contribution in [2.75, 3.05) is 45.9 Å². The molecule has 2 rings (SSSR count). The molecule has 4 nitrogen and oxygen atoms in total. The Labute approximate surface area is 111 Å². The highest BCUT2D eigenvalue weighted by atomic mass is 16.5. The molecular formula is C14H29N3O. The molecular weight excluding hydrogens is 226 g/mol. The predicted octanol–water partition coefficient (Wildman–Crippen LogP) is 0.910. The van der Waals surface area contributed by atoms with Gasteiger partial charge in [-0.25, -0.2) is 0 Å². The number of nitrogens with zero attached hydrogens (tertiary/aromatic N) is 2. The SMILES string of the molecule is CCC(CCN)N1CCN(C2CCOCC2)CC1. The fraction of sp³-hybridized carbons (Fsp3) is 1.00. The van der Waals surface area contributed by atoms with E-state index in [-0.39, 0.29) is 0 Å². The first-order chi connectivity index (χ1) is 8.85. The molecule has 0 bridgehead atoms. The summed E-state index contributed by atoms with van der Waals surface area (Å²) in [6.07, 6.45) is 4.82. The Hall–Kier alpha value is -0.160. The Morgan fingerprint density at radius 2 is 1.83 bits per heavy atom. The van der Waals surface area contributed by atoms with Gasteiger partial charge in [0.15, 0.2) is 0 Å². The van der Waals surface area contributed by atoms with Gasteiger partial charge in [0.2, 0.25) is 0 Å². The van der Waals surface area contributed by atoms with Gasteiger partial charge in [-0.05, 0) is 32.2 Å². The minimum atomic E-state index is 0.701. The van der Waals surface area contributed by atoms with Crippen molar-refractivity contribution in [1.29, 1.82) is 0 Å². The first-order valence-corrected chi connectivity index (χ1v) is 7.61. The van der Waals surface area contributed by atoms with E-state index in [1.165, 1.54) is 45.4 Å². The van der Waals surface area contributed by atoms with Crippen LogP contribution in [0.2, 0.25) is 0 Å². The normalized spacial score (nSPS) is 26.3. The van der Waals surface area contributed by atoms with Crippen LogP contribution < -0.4 is 5.73 Å². The zero-order valence-electron chi connectivity index (χ0n) is 11.8. The molecule has 1 unspecified atom stereocenters. The van der Waals surface area contributed by atoms with Gasteiger partial charge < -0.3 is 10.5 Å². The average Bonchev–Trinajstić information content (AvgIpc) is 2.46. The number of hydrogen-bond acceptors (Lipinski definition) is 4. The van der Waals surface area contributed by atoms with Crippen molar-refractivity contribution in [2.45, 2.75) is 44.7 Å². The first kappa shape index (κ1) is 14.3. The molecule has 0 radical (unpaired) electrons. The second-order valence-corrected chi connectivity index (χ2v) is 5.55. The minimum Gasteiger partial charge on any atom is -0.381 e. The summed E-state index contributed by atoms with van der Waals surface area (Å²) < 4.78 is 5.45. The van der Waals surface area contributed by atoms with Crippen molar-refractivity contribution in [3.8, 4) is 0 Å². The smallest absolute Gasteiger partial charge is 0.0480 e. The maximum atomic E-state index is 5.70. The molecule has 2 fully saturated rings. The second kappa shape index (κ2) is 7.43. The number of ether oxygens (including phenoxy) is 1. The molecule has 0 spiro atoms. The van der Waals surface area contributed by atoms with Crippen LogP contribution in [-0.4, -0.2) is 67.8 Å². The summed E-state index contributed by atoms with van der Waals surface area (Å²) >= 11 is 0. The quantitative estimate of drug-likeness (QED) is 0.793. The molecule has 2 aliphatic heterocycles. The van der Waals surface area contributed by atoms with Crippen LogP contribution in [0, 0.1) is 0 Å². The number of hydrogen-bond donors (Lipinski definition) is 1. The van der Waals surface area contributed by atoms with E-state index >= 15 is 0 Å². The molecule has 2 N–H and O–H groups in total. The van der Waals surface area contributed by atoms with Gasteiger partial charge in [0.05, 0.1) is 0 Å². The monoisotopic (exact) mass is 255 g/mol. The largest absolute Gasteiger partial charge is 0.381 e. The Morgan fingerprint density at radius 3 is 2.39 bits per heavy atom. The van der Waals surface area contributed by atoms with Crippen molar-refractivity contribution < 1.29 is 4.74 Å². The summed E-state index contributed by atoms with van der Waals surface area (Å²) in [5.41, 5.74) is 5.70. The van der Waals surface area contributed by atoms with Gasteiger partial charge in [-0.1, -0.05) is 6.92 Å². The standard InChI is InChI=1S/C14H29N3O/c1-2-13(3-6-15)16-7-9-17(10-8-16)14-4-11-18-12-5-14/h13-14H,2-12,15H2,1H3. The van der Waals surface area contributed by atoms with Crippen LogP contribution in [0.1, 0.15) is 32.6 Å². The van der Waals surface area contributed by atoms with E-state index in [1.54, 1.807) is 0 Å². The fourth-order valence-electron chi connectivity index (χ4n) is 3.36. The Balaban J connectivity index is 1.76. The summed E-state index contributed by atoms with van der Waals surface area (Å²) in [6.45, 7) is 9.90. The van der Waals surface area contributed by atoms with Crippen LogP contribution in [0.4, 0.5) is 0 Å². The fourth-order valence-corrected chi connectivity index (χ4v) is 3.36. The number of piperazine rings is 1. The molecule has 0 aromatic heterocycles. The molecule has 0 aliphatic carbocycles. The molecule has 0 saturated carbocycles. The lowest BCUT2D eigenvalue weighted by atomic mass is 10.0. The Morgan fingerprint density at radius 1 is 1.17 bits per heavy atom. The molecule has 2 aliphatic rings. The van der Waals surface area contributed by atoms with Crippen LogP contribution in [0.15, 0.2) is 0 Å². The summed E-state index contributed by atoms with van der Waals surface area (Å²) in [7, 11) is 0. The maximum Gasteiger partial charge on any atom is 0.0480 e. The third kappa shape index (κ3) is 3.67. The number of nitrogens with two attached hydrogens (primary N) is 1. The minimum absolute atomic E-state index is 0.701. The van der Waals surface area contributed by atoms with Crippen molar-refractivity contribution in [2.24, 2.45) is 5.73 Å².